The van der Waals surface area contributed by atoms with Crippen LogP contribution in [-0.2, 0) is 19.5 Å². The van der Waals surface area contributed by atoms with Crippen LogP contribution in [-0.4, -0.2) is 27.6 Å². The third-order valence-electron chi connectivity index (χ3n) is 6.14. The molecule has 29 heavy (non-hydrogen) atoms. The first kappa shape index (κ1) is 18.4. The van der Waals surface area contributed by atoms with Crippen LogP contribution in [0.2, 0.25) is 0 Å². The summed E-state index contributed by atoms with van der Waals surface area (Å²) in [6, 6.07) is 13.7. The SMILES string of the molecule is Cc1cnc(C2CCCN2Cc2ccc3c(c2)CCO3)n1Cc1ccc(F)cc1. The number of halogens is 1. The summed E-state index contributed by atoms with van der Waals surface area (Å²) in [7, 11) is 0. The van der Waals surface area contributed by atoms with Crippen molar-refractivity contribution in [2.45, 2.75) is 45.3 Å². The predicted octanol–water partition coefficient (Wildman–Crippen LogP) is 4.65. The summed E-state index contributed by atoms with van der Waals surface area (Å²) in [6.07, 6.45) is 5.27. The summed E-state index contributed by atoms with van der Waals surface area (Å²) in [4.78, 5) is 7.33. The molecule has 0 spiro atoms. The fraction of sp³-hybridized carbons (Fsp3) is 0.375. The molecule has 1 atom stereocenters. The Kier molecular flexibility index (Phi) is 4.84. The summed E-state index contributed by atoms with van der Waals surface area (Å²) in [5, 5.41) is 0. The Bertz CT molecular complexity index is 1010. The molecule has 5 rings (SSSR count). The van der Waals surface area contributed by atoms with Gasteiger partial charge in [0.1, 0.15) is 17.4 Å². The van der Waals surface area contributed by atoms with Gasteiger partial charge in [0, 0.05) is 31.4 Å². The molecule has 3 aromatic rings. The predicted molar refractivity (Wildman–Crippen MR) is 110 cm³/mol. The van der Waals surface area contributed by atoms with Gasteiger partial charge in [0.05, 0.1) is 12.6 Å². The minimum atomic E-state index is -0.196. The van der Waals surface area contributed by atoms with Crippen molar-refractivity contribution >= 4 is 0 Å². The number of aryl methyl sites for hydroxylation is 1. The molecule has 4 nitrogen and oxygen atoms in total. The molecule has 5 heteroatoms. The van der Waals surface area contributed by atoms with Gasteiger partial charge >= 0.3 is 0 Å². The first-order valence-electron chi connectivity index (χ1n) is 10.4. The van der Waals surface area contributed by atoms with Gasteiger partial charge in [-0.25, -0.2) is 9.37 Å². The number of likely N-dealkylation sites (tertiary alicyclic amines) is 1. The summed E-state index contributed by atoms with van der Waals surface area (Å²) in [5.74, 6) is 1.96. The zero-order chi connectivity index (χ0) is 19.8. The van der Waals surface area contributed by atoms with Crippen LogP contribution in [0.5, 0.6) is 5.75 Å². The van der Waals surface area contributed by atoms with Crippen LogP contribution in [0.4, 0.5) is 4.39 Å². The highest BCUT2D eigenvalue weighted by atomic mass is 19.1. The van der Waals surface area contributed by atoms with Gasteiger partial charge in [0.25, 0.3) is 0 Å². The Morgan fingerprint density at radius 1 is 1.10 bits per heavy atom. The maximum Gasteiger partial charge on any atom is 0.126 e. The van der Waals surface area contributed by atoms with Gasteiger partial charge in [0.15, 0.2) is 0 Å². The van der Waals surface area contributed by atoms with Crippen LogP contribution in [0.1, 0.15) is 47.1 Å². The lowest BCUT2D eigenvalue weighted by Gasteiger charge is -2.25. The first-order chi connectivity index (χ1) is 14.2. The number of benzene rings is 2. The Balaban J connectivity index is 1.38. The third kappa shape index (κ3) is 3.67. The van der Waals surface area contributed by atoms with Crippen molar-refractivity contribution < 1.29 is 9.13 Å². The monoisotopic (exact) mass is 391 g/mol. The smallest absolute Gasteiger partial charge is 0.126 e. The summed E-state index contributed by atoms with van der Waals surface area (Å²) in [5.41, 5.74) is 4.91. The van der Waals surface area contributed by atoms with Gasteiger partial charge in [-0.15, -0.1) is 0 Å². The molecule has 1 saturated heterocycles. The number of aromatic nitrogens is 2. The largest absolute Gasteiger partial charge is 0.493 e. The van der Waals surface area contributed by atoms with E-state index in [9.17, 15) is 4.39 Å². The normalized spacial score (nSPS) is 18.8. The molecule has 0 bridgehead atoms. The number of fused-ring (bicyclic) bond motifs is 1. The van der Waals surface area contributed by atoms with Crippen molar-refractivity contribution in [1.29, 1.82) is 0 Å². The number of imidazole rings is 1. The maximum atomic E-state index is 13.3. The van der Waals surface area contributed by atoms with Crippen molar-refractivity contribution in [1.82, 2.24) is 14.5 Å². The zero-order valence-corrected chi connectivity index (χ0v) is 16.8. The minimum Gasteiger partial charge on any atom is -0.493 e. The molecule has 2 aromatic carbocycles. The van der Waals surface area contributed by atoms with E-state index < -0.39 is 0 Å². The van der Waals surface area contributed by atoms with E-state index in [4.69, 9.17) is 9.72 Å². The van der Waals surface area contributed by atoms with E-state index in [2.05, 4.69) is 34.6 Å². The van der Waals surface area contributed by atoms with Gasteiger partial charge in [0.2, 0.25) is 0 Å². The van der Waals surface area contributed by atoms with Gasteiger partial charge in [-0.3, -0.25) is 4.90 Å². The molecule has 150 valence electrons. The van der Waals surface area contributed by atoms with Crippen LogP contribution in [0.15, 0.2) is 48.7 Å². The van der Waals surface area contributed by atoms with Gasteiger partial charge < -0.3 is 9.30 Å². The molecule has 1 aromatic heterocycles. The molecule has 1 fully saturated rings. The van der Waals surface area contributed by atoms with E-state index in [1.165, 1.54) is 29.7 Å². The molecular formula is C24H26FN3O. The van der Waals surface area contributed by atoms with E-state index in [-0.39, 0.29) is 5.82 Å². The van der Waals surface area contributed by atoms with Crippen LogP contribution in [0.25, 0.3) is 0 Å². The van der Waals surface area contributed by atoms with E-state index in [1.807, 2.05) is 18.3 Å². The Morgan fingerprint density at radius 2 is 1.93 bits per heavy atom. The molecule has 0 radical (unpaired) electrons. The average molecular weight is 391 g/mol. The zero-order valence-electron chi connectivity index (χ0n) is 16.8. The first-order valence-corrected chi connectivity index (χ1v) is 10.4. The number of hydrogen-bond acceptors (Lipinski definition) is 3. The van der Waals surface area contributed by atoms with Crippen molar-refractivity contribution in [2.75, 3.05) is 13.2 Å². The van der Waals surface area contributed by atoms with Crippen LogP contribution < -0.4 is 4.74 Å². The third-order valence-corrected chi connectivity index (χ3v) is 6.14. The summed E-state index contributed by atoms with van der Waals surface area (Å²) in [6.45, 7) is 5.63. The minimum absolute atomic E-state index is 0.196. The molecule has 0 saturated carbocycles. The highest BCUT2D eigenvalue weighted by Crippen LogP contribution is 2.34. The van der Waals surface area contributed by atoms with Crippen molar-refractivity contribution in [2.24, 2.45) is 0 Å². The fourth-order valence-electron chi connectivity index (χ4n) is 4.60. The van der Waals surface area contributed by atoms with Crippen molar-refractivity contribution in [3.8, 4) is 5.75 Å². The highest BCUT2D eigenvalue weighted by molar-refractivity contribution is 5.39. The molecule has 1 unspecified atom stereocenters. The molecular weight excluding hydrogens is 365 g/mol. The topological polar surface area (TPSA) is 30.3 Å². The quantitative estimate of drug-likeness (QED) is 0.634. The molecule has 2 aliphatic rings. The summed E-state index contributed by atoms with van der Waals surface area (Å²) < 4.78 is 21.2. The molecule has 3 heterocycles. The van der Waals surface area contributed by atoms with E-state index in [0.717, 1.165) is 61.9 Å². The number of nitrogens with zero attached hydrogens (tertiary/aromatic N) is 3. The maximum absolute atomic E-state index is 13.3. The number of hydrogen-bond donors (Lipinski definition) is 0. The second-order valence-electron chi connectivity index (χ2n) is 8.14. The molecule has 0 N–H and O–H groups in total. The van der Waals surface area contributed by atoms with E-state index in [0.29, 0.717) is 6.04 Å². The van der Waals surface area contributed by atoms with Crippen molar-refractivity contribution in [3.05, 3.63) is 82.7 Å². The van der Waals surface area contributed by atoms with Crippen LogP contribution >= 0.6 is 0 Å². The second kappa shape index (κ2) is 7.64. The average Bonchev–Trinajstić information content (AvgIpc) is 3.44. The lowest BCUT2D eigenvalue weighted by atomic mass is 10.1. The van der Waals surface area contributed by atoms with Gasteiger partial charge in [-0.2, -0.15) is 0 Å². The lowest BCUT2D eigenvalue weighted by Crippen LogP contribution is -2.25. The Morgan fingerprint density at radius 3 is 2.79 bits per heavy atom. The van der Waals surface area contributed by atoms with E-state index >= 15 is 0 Å². The Hall–Kier alpha value is -2.66. The number of ether oxygens (including phenoxy) is 1. The molecule has 0 aliphatic carbocycles. The summed E-state index contributed by atoms with van der Waals surface area (Å²) >= 11 is 0. The van der Waals surface area contributed by atoms with Crippen LogP contribution in [0.3, 0.4) is 0 Å². The van der Waals surface area contributed by atoms with E-state index in [1.54, 1.807) is 0 Å². The van der Waals surface area contributed by atoms with Crippen molar-refractivity contribution in [3.63, 3.8) is 0 Å². The van der Waals surface area contributed by atoms with Gasteiger partial charge in [-0.05, 0) is 61.2 Å². The lowest BCUT2D eigenvalue weighted by molar-refractivity contribution is 0.235. The second-order valence-corrected chi connectivity index (χ2v) is 8.14. The molecule has 2 aliphatic heterocycles. The van der Waals surface area contributed by atoms with Crippen LogP contribution in [0, 0.1) is 12.7 Å². The highest BCUT2D eigenvalue weighted by Gasteiger charge is 2.30. The number of rotatable bonds is 5. The molecule has 0 amide bonds. The Labute approximate surface area is 170 Å². The fourth-order valence-corrected chi connectivity index (χ4v) is 4.60. The standard InChI is InChI=1S/C24H26FN3O/c1-17-14-26-24(28(17)16-18-4-7-21(25)8-5-18)22-3-2-11-27(22)15-19-6-9-23-20(13-19)10-12-29-23/h4-9,13-14,22H,2-3,10-12,15-16H2,1H3. The van der Waals surface area contributed by atoms with Gasteiger partial charge in [-0.1, -0.05) is 24.3 Å².